The molecule has 1 N–H and O–H groups in total. The van der Waals surface area contributed by atoms with Gasteiger partial charge in [0.1, 0.15) is 13.2 Å². The van der Waals surface area contributed by atoms with E-state index in [1.165, 1.54) is 0 Å². The van der Waals surface area contributed by atoms with E-state index in [2.05, 4.69) is 15.6 Å². The second-order valence-electron chi connectivity index (χ2n) is 6.51. The Morgan fingerprint density at radius 2 is 1.96 bits per heavy atom. The standard InChI is InChI=1S/C20H19ClN4O3/c1-12(14-6-7-17-18(10-14)28-9-8-27-17)22-20(26)19-13(2)25(24-23-19)16-5-3-4-15(21)11-16/h3-7,10-12H,8-9H2,1-2H3,(H,22,26). The third-order valence-electron chi connectivity index (χ3n) is 4.58. The maximum absolute atomic E-state index is 12.7. The molecule has 1 aliphatic heterocycles. The summed E-state index contributed by atoms with van der Waals surface area (Å²) in [5, 5.41) is 11.7. The summed E-state index contributed by atoms with van der Waals surface area (Å²) in [7, 11) is 0. The van der Waals surface area contributed by atoms with Crippen LogP contribution in [0.1, 0.15) is 34.7 Å². The van der Waals surface area contributed by atoms with Gasteiger partial charge in [-0.2, -0.15) is 0 Å². The van der Waals surface area contributed by atoms with Crippen LogP contribution in [0.2, 0.25) is 5.02 Å². The minimum absolute atomic E-state index is 0.237. The number of benzene rings is 2. The molecule has 144 valence electrons. The highest BCUT2D eigenvalue weighted by molar-refractivity contribution is 6.30. The molecule has 0 saturated heterocycles. The van der Waals surface area contributed by atoms with E-state index in [0.717, 1.165) is 11.3 Å². The fraction of sp³-hybridized carbons (Fsp3) is 0.250. The molecule has 7 nitrogen and oxygen atoms in total. The topological polar surface area (TPSA) is 78.3 Å². The lowest BCUT2D eigenvalue weighted by Gasteiger charge is -2.21. The van der Waals surface area contributed by atoms with Crippen molar-refractivity contribution in [2.45, 2.75) is 19.9 Å². The second-order valence-corrected chi connectivity index (χ2v) is 6.95. The molecule has 0 spiro atoms. The number of carbonyl (C=O) groups is 1. The second kappa shape index (κ2) is 7.52. The molecule has 1 aliphatic rings. The third kappa shape index (κ3) is 3.53. The van der Waals surface area contributed by atoms with Crippen LogP contribution in [0.25, 0.3) is 5.69 Å². The van der Waals surface area contributed by atoms with Crippen molar-refractivity contribution in [3.8, 4) is 17.2 Å². The first kappa shape index (κ1) is 18.3. The van der Waals surface area contributed by atoms with Crippen molar-refractivity contribution >= 4 is 17.5 Å². The van der Waals surface area contributed by atoms with Crippen molar-refractivity contribution in [2.75, 3.05) is 13.2 Å². The number of carbonyl (C=O) groups excluding carboxylic acids is 1. The molecule has 2 heterocycles. The van der Waals surface area contributed by atoms with Gasteiger partial charge in [0.25, 0.3) is 5.91 Å². The zero-order valence-electron chi connectivity index (χ0n) is 15.5. The van der Waals surface area contributed by atoms with Gasteiger partial charge in [-0.15, -0.1) is 5.10 Å². The summed E-state index contributed by atoms with van der Waals surface area (Å²) in [6.07, 6.45) is 0. The number of fused-ring (bicyclic) bond motifs is 1. The molecule has 0 saturated carbocycles. The van der Waals surface area contributed by atoms with E-state index >= 15 is 0 Å². The Bertz CT molecular complexity index is 1030. The molecule has 0 radical (unpaired) electrons. The minimum atomic E-state index is -0.298. The molecule has 0 bridgehead atoms. The maximum Gasteiger partial charge on any atom is 0.274 e. The average molecular weight is 399 g/mol. The zero-order valence-corrected chi connectivity index (χ0v) is 16.2. The van der Waals surface area contributed by atoms with Crippen molar-refractivity contribution in [3.05, 3.63) is 64.4 Å². The summed E-state index contributed by atoms with van der Waals surface area (Å²) in [6, 6.07) is 12.6. The first-order valence-corrected chi connectivity index (χ1v) is 9.29. The largest absolute Gasteiger partial charge is 0.486 e. The molecule has 1 atom stereocenters. The van der Waals surface area contributed by atoms with Crippen molar-refractivity contribution < 1.29 is 14.3 Å². The van der Waals surface area contributed by atoms with Gasteiger partial charge in [-0.25, -0.2) is 4.68 Å². The van der Waals surface area contributed by atoms with Gasteiger partial charge in [-0.1, -0.05) is 28.9 Å². The highest BCUT2D eigenvalue weighted by Gasteiger charge is 2.21. The van der Waals surface area contributed by atoms with Crippen LogP contribution in [0.5, 0.6) is 11.5 Å². The molecule has 1 amide bonds. The summed E-state index contributed by atoms with van der Waals surface area (Å²) in [6.45, 7) is 4.76. The van der Waals surface area contributed by atoms with Crippen molar-refractivity contribution in [2.24, 2.45) is 0 Å². The van der Waals surface area contributed by atoms with E-state index in [-0.39, 0.29) is 17.6 Å². The molecular weight excluding hydrogens is 380 g/mol. The first-order chi connectivity index (χ1) is 13.5. The van der Waals surface area contributed by atoms with Crippen LogP contribution >= 0.6 is 11.6 Å². The van der Waals surface area contributed by atoms with Crippen molar-refractivity contribution in [3.63, 3.8) is 0 Å². The van der Waals surface area contributed by atoms with E-state index in [4.69, 9.17) is 21.1 Å². The van der Waals surface area contributed by atoms with Gasteiger partial charge >= 0.3 is 0 Å². The number of ether oxygens (including phenoxy) is 2. The van der Waals surface area contributed by atoms with Crippen LogP contribution in [0.15, 0.2) is 42.5 Å². The van der Waals surface area contributed by atoms with Gasteiger partial charge in [0.15, 0.2) is 17.2 Å². The molecule has 3 aromatic rings. The van der Waals surface area contributed by atoms with Gasteiger partial charge in [0.2, 0.25) is 0 Å². The van der Waals surface area contributed by atoms with Gasteiger partial charge in [0.05, 0.1) is 17.4 Å². The lowest BCUT2D eigenvalue weighted by Crippen LogP contribution is -2.28. The Kier molecular flexibility index (Phi) is 4.92. The van der Waals surface area contributed by atoms with Gasteiger partial charge in [0, 0.05) is 5.02 Å². The summed E-state index contributed by atoms with van der Waals surface area (Å²) in [4.78, 5) is 12.7. The smallest absolute Gasteiger partial charge is 0.274 e. The number of rotatable bonds is 4. The Morgan fingerprint density at radius 1 is 1.18 bits per heavy atom. The van der Waals surface area contributed by atoms with Gasteiger partial charge < -0.3 is 14.8 Å². The lowest BCUT2D eigenvalue weighted by molar-refractivity contribution is 0.0934. The highest BCUT2D eigenvalue weighted by Crippen LogP contribution is 2.32. The first-order valence-electron chi connectivity index (χ1n) is 8.91. The van der Waals surface area contributed by atoms with E-state index in [1.807, 2.05) is 37.3 Å². The number of amides is 1. The number of nitrogens with one attached hydrogen (secondary N) is 1. The predicted molar refractivity (Wildman–Crippen MR) is 104 cm³/mol. The van der Waals surface area contributed by atoms with Crippen LogP contribution in [0.4, 0.5) is 0 Å². The summed E-state index contributed by atoms with van der Waals surface area (Å²) in [5.74, 6) is 1.11. The predicted octanol–water partition coefficient (Wildman–Crippen LogP) is 3.49. The maximum atomic E-state index is 12.7. The SMILES string of the molecule is Cc1c(C(=O)NC(C)c2ccc3c(c2)OCCO3)nnn1-c1cccc(Cl)c1. The zero-order chi connectivity index (χ0) is 19.7. The number of hydrogen-bond acceptors (Lipinski definition) is 5. The monoisotopic (exact) mass is 398 g/mol. The van der Waals surface area contributed by atoms with E-state index in [1.54, 1.807) is 23.7 Å². The lowest BCUT2D eigenvalue weighted by atomic mass is 10.1. The van der Waals surface area contributed by atoms with Crippen LogP contribution < -0.4 is 14.8 Å². The van der Waals surface area contributed by atoms with Gasteiger partial charge in [-0.05, 0) is 49.7 Å². The normalized spacial score (nSPS) is 13.8. The minimum Gasteiger partial charge on any atom is -0.486 e. The fourth-order valence-corrected chi connectivity index (χ4v) is 3.25. The number of nitrogens with zero attached hydrogens (tertiary/aromatic N) is 3. The molecule has 2 aromatic carbocycles. The number of aromatic nitrogens is 3. The fourth-order valence-electron chi connectivity index (χ4n) is 3.07. The molecule has 1 unspecified atom stereocenters. The van der Waals surface area contributed by atoms with Gasteiger partial charge in [-0.3, -0.25) is 4.79 Å². The summed E-state index contributed by atoms with van der Waals surface area (Å²) in [5.41, 5.74) is 2.56. The molecule has 4 rings (SSSR count). The molecule has 8 heteroatoms. The number of halogens is 1. The van der Waals surface area contributed by atoms with E-state index in [9.17, 15) is 4.79 Å². The Hall–Kier alpha value is -3.06. The molecule has 0 fully saturated rings. The molecular formula is C20H19ClN4O3. The average Bonchev–Trinajstić information content (AvgIpc) is 3.09. The highest BCUT2D eigenvalue weighted by atomic mass is 35.5. The van der Waals surface area contributed by atoms with Crippen LogP contribution in [-0.4, -0.2) is 34.1 Å². The number of hydrogen-bond donors (Lipinski definition) is 1. The molecule has 28 heavy (non-hydrogen) atoms. The Morgan fingerprint density at radius 3 is 2.75 bits per heavy atom. The van der Waals surface area contributed by atoms with Crippen LogP contribution in [0, 0.1) is 6.92 Å². The van der Waals surface area contributed by atoms with Crippen LogP contribution in [0.3, 0.4) is 0 Å². The van der Waals surface area contributed by atoms with E-state index < -0.39 is 0 Å². The molecule has 1 aromatic heterocycles. The summed E-state index contributed by atoms with van der Waals surface area (Å²) >= 11 is 6.04. The van der Waals surface area contributed by atoms with Crippen LogP contribution in [-0.2, 0) is 0 Å². The van der Waals surface area contributed by atoms with Crippen molar-refractivity contribution in [1.82, 2.24) is 20.3 Å². The summed E-state index contributed by atoms with van der Waals surface area (Å²) < 4.78 is 12.7. The Balaban J connectivity index is 1.52. The quantitative estimate of drug-likeness (QED) is 0.727. The van der Waals surface area contributed by atoms with E-state index in [0.29, 0.717) is 35.4 Å². The third-order valence-corrected chi connectivity index (χ3v) is 4.81. The Labute approximate surface area is 167 Å². The van der Waals surface area contributed by atoms with Crippen molar-refractivity contribution in [1.29, 1.82) is 0 Å². The molecule has 0 aliphatic carbocycles.